The van der Waals surface area contributed by atoms with E-state index in [1.807, 2.05) is 56.3 Å². The van der Waals surface area contributed by atoms with Gasteiger partial charge >= 0.3 is 0 Å². The SMILES string of the molecule is COc1ccc(NC(C(N)=O)c2c(C)cccc2C)cc1. The Kier molecular flexibility index (Phi) is 4.48. The number of benzene rings is 2. The summed E-state index contributed by atoms with van der Waals surface area (Å²) in [5.41, 5.74) is 9.42. The third kappa shape index (κ3) is 3.34. The first-order valence-electron chi connectivity index (χ1n) is 6.79. The molecule has 0 aromatic heterocycles. The predicted molar refractivity (Wildman–Crippen MR) is 84.5 cm³/mol. The van der Waals surface area contributed by atoms with E-state index in [1.54, 1.807) is 7.11 Å². The molecular weight excluding hydrogens is 264 g/mol. The average molecular weight is 284 g/mol. The van der Waals surface area contributed by atoms with Gasteiger partial charge in [-0.1, -0.05) is 18.2 Å². The number of aryl methyl sites for hydroxylation is 2. The van der Waals surface area contributed by atoms with Crippen LogP contribution in [0.5, 0.6) is 5.75 Å². The molecule has 0 radical (unpaired) electrons. The second kappa shape index (κ2) is 6.31. The van der Waals surface area contributed by atoms with Crippen molar-refractivity contribution in [1.82, 2.24) is 0 Å². The van der Waals surface area contributed by atoms with E-state index in [0.29, 0.717) is 0 Å². The Morgan fingerprint density at radius 1 is 1.10 bits per heavy atom. The van der Waals surface area contributed by atoms with Crippen LogP contribution in [0.25, 0.3) is 0 Å². The lowest BCUT2D eigenvalue weighted by Crippen LogP contribution is -2.29. The summed E-state index contributed by atoms with van der Waals surface area (Å²) < 4.78 is 5.13. The van der Waals surface area contributed by atoms with Crippen molar-refractivity contribution in [2.24, 2.45) is 5.73 Å². The third-order valence-corrected chi connectivity index (χ3v) is 3.52. The van der Waals surface area contributed by atoms with Crippen molar-refractivity contribution in [3.05, 3.63) is 59.2 Å². The van der Waals surface area contributed by atoms with Crippen LogP contribution in [0.15, 0.2) is 42.5 Å². The molecule has 0 spiro atoms. The van der Waals surface area contributed by atoms with Crippen LogP contribution < -0.4 is 15.8 Å². The molecule has 0 aliphatic carbocycles. The van der Waals surface area contributed by atoms with Gasteiger partial charge in [-0.3, -0.25) is 4.79 Å². The molecule has 21 heavy (non-hydrogen) atoms. The molecular formula is C17H20N2O2. The second-order valence-electron chi connectivity index (χ2n) is 5.01. The standard InChI is InChI=1S/C17H20N2O2/c1-11-5-4-6-12(2)15(11)16(17(18)20)19-13-7-9-14(21-3)10-8-13/h4-10,16,19H,1-3H3,(H2,18,20). The summed E-state index contributed by atoms with van der Waals surface area (Å²) >= 11 is 0. The Balaban J connectivity index is 2.33. The maximum atomic E-state index is 11.9. The van der Waals surface area contributed by atoms with Gasteiger partial charge in [0.15, 0.2) is 0 Å². The highest BCUT2D eigenvalue weighted by Crippen LogP contribution is 2.26. The minimum Gasteiger partial charge on any atom is -0.497 e. The number of methoxy groups -OCH3 is 1. The van der Waals surface area contributed by atoms with Gasteiger partial charge in [-0.05, 0) is 54.8 Å². The van der Waals surface area contributed by atoms with Gasteiger partial charge < -0.3 is 15.8 Å². The molecule has 4 nitrogen and oxygen atoms in total. The van der Waals surface area contributed by atoms with Crippen LogP contribution in [0.3, 0.4) is 0 Å². The number of carbonyl (C=O) groups excluding carboxylic acids is 1. The molecule has 110 valence electrons. The van der Waals surface area contributed by atoms with Gasteiger partial charge in [0.2, 0.25) is 5.91 Å². The highest BCUT2D eigenvalue weighted by Gasteiger charge is 2.21. The minimum atomic E-state index is -0.556. The number of carbonyl (C=O) groups is 1. The van der Waals surface area contributed by atoms with Crippen LogP contribution in [0, 0.1) is 13.8 Å². The topological polar surface area (TPSA) is 64.3 Å². The molecule has 1 amide bonds. The summed E-state index contributed by atoms with van der Waals surface area (Å²) in [6.07, 6.45) is 0. The van der Waals surface area contributed by atoms with E-state index < -0.39 is 11.9 Å². The normalized spacial score (nSPS) is 11.8. The Hall–Kier alpha value is -2.49. The number of ether oxygens (including phenoxy) is 1. The van der Waals surface area contributed by atoms with E-state index >= 15 is 0 Å². The molecule has 2 aromatic rings. The highest BCUT2D eigenvalue weighted by molar-refractivity contribution is 5.85. The first kappa shape index (κ1) is 14.9. The summed E-state index contributed by atoms with van der Waals surface area (Å²) in [7, 11) is 1.62. The van der Waals surface area contributed by atoms with Gasteiger partial charge in [-0.25, -0.2) is 0 Å². The number of nitrogens with two attached hydrogens (primary N) is 1. The molecule has 2 rings (SSSR count). The summed E-state index contributed by atoms with van der Waals surface area (Å²) in [4.78, 5) is 11.9. The van der Waals surface area contributed by atoms with Gasteiger partial charge in [-0.2, -0.15) is 0 Å². The fourth-order valence-corrected chi connectivity index (χ4v) is 2.42. The zero-order valence-electron chi connectivity index (χ0n) is 12.5. The summed E-state index contributed by atoms with van der Waals surface area (Å²) in [5, 5.41) is 3.20. The van der Waals surface area contributed by atoms with Crippen LogP contribution in [-0.2, 0) is 4.79 Å². The van der Waals surface area contributed by atoms with E-state index in [-0.39, 0.29) is 0 Å². The quantitative estimate of drug-likeness (QED) is 0.887. The third-order valence-electron chi connectivity index (χ3n) is 3.52. The molecule has 0 heterocycles. The maximum absolute atomic E-state index is 11.9. The molecule has 1 unspecified atom stereocenters. The minimum absolute atomic E-state index is 0.400. The lowest BCUT2D eigenvalue weighted by Gasteiger charge is -2.21. The van der Waals surface area contributed by atoms with Crippen molar-refractivity contribution < 1.29 is 9.53 Å². The van der Waals surface area contributed by atoms with Crippen LogP contribution >= 0.6 is 0 Å². The van der Waals surface area contributed by atoms with Crippen molar-refractivity contribution in [2.75, 3.05) is 12.4 Å². The van der Waals surface area contributed by atoms with E-state index in [2.05, 4.69) is 5.32 Å². The Morgan fingerprint density at radius 2 is 1.67 bits per heavy atom. The van der Waals surface area contributed by atoms with Gasteiger partial charge in [0.25, 0.3) is 0 Å². The van der Waals surface area contributed by atoms with Crippen molar-refractivity contribution in [2.45, 2.75) is 19.9 Å². The van der Waals surface area contributed by atoms with Crippen LogP contribution in [0.4, 0.5) is 5.69 Å². The Morgan fingerprint density at radius 3 is 2.14 bits per heavy atom. The zero-order valence-corrected chi connectivity index (χ0v) is 12.5. The van der Waals surface area contributed by atoms with Crippen LogP contribution in [-0.4, -0.2) is 13.0 Å². The number of hydrogen-bond acceptors (Lipinski definition) is 3. The molecule has 2 aromatic carbocycles. The fourth-order valence-electron chi connectivity index (χ4n) is 2.42. The number of rotatable bonds is 5. The summed E-state index contributed by atoms with van der Waals surface area (Å²) in [5.74, 6) is 0.367. The lowest BCUT2D eigenvalue weighted by molar-refractivity contribution is -0.118. The number of amides is 1. The molecule has 0 saturated heterocycles. The van der Waals surface area contributed by atoms with E-state index in [4.69, 9.17) is 10.5 Å². The molecule has 0 fully saturated rings. The molecule has 0 saturated carbocycles. The van der Waals surface area contributed by atoms with Crippen molar-refractivity contribution in [3.63, 3.8) is 0 Å². The second-order valence-corrected chi connectivity index (χ2v) is 5.01. The van der Waals surface area contributed by atoms with Gasteiger partial charge in [0.05, 0.1) is 7.11 Å². The largest absolute Gasteiger partial charge is 0.497 e. The van der Waals surface area contributed by atoms with E-state index in [0.717, 1.165) is 28.1 Å². The number of anilines is 1. The van der Waals surface area contributed by atoms with E-state index in [1.165, 1.54) is 0 Å². The van der Waals surface area contributed by atoms with Gasteiger partial charge in [0.1, 0.15) is 11.8 Å². The fraction of sp³-hybridized carbons (Fsp3) is 0.235. The van der Waals surface area contributed by atoms with Crippen LogP contribution in [0.1, 0.15) is 22.7 Å². The monoisotopic (exact) mass is 284 g/mol. The summed E-state index contributed by atoms with van der Waals surface area (Å²) in [6, 6.07) is 12.8. The lowest BCUT2D eigenvalue weighted by atomic mass is 9.95. The maximum Gasteiger partial charge on any atom is 0.244 e. The molecule has 1 atom stereocenters. The Bertz CT molecular complexity index is 615. The molecule has 0 aliphatic rings. The predicted octanol–water partition coefficient (Wildman–Crippen LogP) is 2.95. The molecule has 0 aliphatic heterocycles. The smallest absolute Gasteiger partial charge is 0.244 e. The first-order valence-corrected chi connectivity index (χ1v) is 6.79. The molecule has 0 bridgehead atoms. The van der Waals surface area contributed by atoms with E-state index in [9.17, 15) is 4.79 Å². The van der Waals surface area contributed by atoms with Crippen LogP contribution in [0.2, 0.25) is 0 Å². The number of nitrogens with one attached hydrogen (secondary N) is 1. The Labute approximate surface area is 124 Å². The van der Waals surface area contributed by atoms with Crippen molar-refractivity contribution in [3.8, 4) is 5.75 Å². The number of primary amides is 1. The van der Waals surface area contributed by atoms with Crippen molar-refractivity contribution >= 4 is 11.6 Å². The van der Waals surface area contributed by atoms with Crippen molar-refractivity contribution in [1.29, 1.82) is 0 Å². The first-order chi connectivity index (χ1) is 10.0. The average Bonchev–Trinajstić information content (AvgIpc) is 2.46. The van der Waals surface area contributed by atoms with Gasteiger partial charge in [0, 0.05) is 5.69 Å². The molecule has 4 heteroatoms. The highest BCUT2D eigenvalue weighted by atomic mass is 16.5. The molecule has 3 N–H and O–H groups in total. The van der Waals surface area contributed by atoms with Gasteiger partial charge in [-0.15, -0.1) is 0 Å². The summed E-state index contributed by atoms with van der Waals surface area (Å²) in [6.45, 7) is 3.96. The number of hydrogen-bond donors (Lipinski definition) is 2. The zero-order chi connectivity index (χ0) is 15.4.